The van der Waals surface area contributed by atoms with E-state index in [0.29, 0.717) is 13.2 Å². The Hall–Kier alpha value is -2.08. The van der Waals surface area contributed by atoms with Crippen molar-refractivity contribution >= 4 is 32.4 Å². The quantitative estimate of drug-likeness (QED) is 0.804. The highest BCUT2D eigenvalue weighted by Gasteiger charge is 2.27. The number of nitrogens with zero attached hydrogens (tertiary/aromatic N) is 3. The van der Waals surface area contributed by atoms with Crippen LogP contribution in [-0.4, -0.2) is 60.2 Å². The third-order valence-corrected chi connectivity index (χ3v) is 5.90. The molecule has 0 radical (unpaired) electrons. The fourth-order valence-electron chi connectivity index (χ4n) is 2.19. The van der Waals surface area contributed by atoms with Gasteiger partial charge in [-0.2, -0.15) is 4.31 Å². The summed E-state index contributed by atoms with van der Waals surface area (Å²) in [5, 5.41) is 19.9. The van der Waals surface area contributed by atoms with Crippen LogP contribution in [0.5, 0.6) is 5.75 Å². The van der Waals surface area contributed by atoms with Crippen molar-refractivity contribution in [3.8, 4) is 5.75 Å². The molecule has 0 atom stereocenters. The van der Waals surface area contributed by atoms with Crippen molar-refractivity contribution in [1.82, 2.24) is 14.5 Å². The lowest BCUT2D eigenvalue weighted by Crippen LogP contribution is -2.40. The summed E-state index contributed by atoms with van der Waals surface area (Å²) >= 11 is 1.11. The summed E-state index contributed by atoms with van der Waals surface area (Å²) in [5.74, 6) is -0.985. The Kier molecular flexibility index (Phi) is 4.76. The zero-order valence-electron chi connectivity index (χ0n) is 12.4. The van der Waals surface area contributed by atoms with Gasteiger partial charge in [-0.1, -0.05) is 11.3 Å². The van der Waals surface area contributed by atoms with Crippen LogP contribution >= 0.6 is 11.3 Å². The molecule has 24 heavy (non-hydrogen) atoms. The van der Waals surface area contributed by atoms with Gasteiger partial charge >= 0.3 is 0 Å². The van der Waals surface area contributed by atoms with Gasteiger partial charge in [0.15, 0.2) is 0 Å². The van der Waals surface area contributed by atoms with E-state index >= 15 is 0 Å². The van der Waals surface area contributed by atoms with Gasteiger partial charge in [-0.3, -0.25) is 10.1 Å². The fourth-order valence-corrected chi connectivity index (χ4v) is 4.06. The minimum atomic E-state index is -3.76. The van der Waals surface area contributed by atoms with Crippen LogP contribution in [0.3, 0.4) is 0 Å². The van der Waals surface area contributed by atoms with Gasteiger partial charge in [-0.15, -0.1) is 10.2 Å². The fraction of sp³-hybridized carbons (Fsp3) is 0.308. The number of nitrogens with one attached hydrogen (secondary N) is 1. The number of rotatable bonds is 4. The topological polar surface area (TPSA) is 122 Å². The van der Waals surface area contributed by atoms with Crippen molar-refractivity contribution in [3.05, 3.63) is 29.3 Å². The normalized spacial score (nSPS) is 16.0. The van der Waals surface area contributed by atoms with Crippen molar-refractivity contribution in [3.63, 3.8) is 0 Å². The van der Waals surface area contributed by atoms with Crippen LogP contribution in [0.15, 0.2) is 28.6 Å². The molecule has 0 unspecified atom stereocenters. The second-order valence-corrected chi connectivity index (χ2v) is 7.66. The molecule has 1 aliphatic heterocycles. The summed E-state index contributed by atoms with van der Waals surface area (Å²) in [6, 6.07) is 3.60. The third-order valence-electron chi connectivity index (χ3n) is 3.40. The summed E-state index contributed by atoms with van der Waals surface area (Å²) in [4.78, 5) is 12.2. The molecule has 11 heteroatoms. The molecular formula is C13H14N4O5S2. The molecule has 2 heterocycles. The number of aromatic hydroxyl groups is 1. The average Bonchev–Trinajstić information content (AvgIpc) is 3.08. The summed E-state index contributed by atoms with van der Waals surface area (Å²) in [6.45, 7) is 1.13. The molecule has 2 N–H and O–H groups in total. The summed E-state index contributed by atoms with van der Waals surface area (Å²) in [6.07, 6.45) is 0. The largest absolute Gasteiger partial charge is 0.507 e. The zero-order chi connectivity index (χ0) is 17.2. The molecule has 1 aromatic carbocycles. The number of anilines is 1. The maximum atomic E-state index is 12.6. The molecule has 1 fully saturated rings. The number of hydrogen-bond acceptors (Lipinski definition) is 8. The van der Waals surface area contributed by atoms with Gasteiger partial charge in [0.2, 0.25) is 15.2 Å². The Balaban J connectivity index is 1.89. The van der Waals surface area contributed by atoms with Crippen LogP contribution in [0.2, 0.25) is 0 Å². The maximum absolute atomic E-state index is 12.6. The highest BCUT2D eigenvalue weighted by atomic mass is 32.2. The zero-order valence-corrected chi connectivity index (χ0v) is 14.0. The predicted molar refractivity (Wildman–Crippen MR) is 85.5 cm³/mol. The first kappa shape index (κ1) is 16.8. The van der Waals surface area contributed by atoms with Crippen molar-refractivity contribution < 1.29 is 23.1 Å². The number of ether oxygens (including phenoxy) is 1. The van der Waals surface area contributed by atoms with Gasteiger partial charge in [0.1, 0.15) is 11.3 Å². The number of hydrogen-bond donors (Lipinski definition) is 2. The van der Waals surface area contributed by atoms with E-state index in [4.69, 9.17) is 4.74 Å². The van der Waals surface area contributed by atoms with E-state index in [0.717, 1.165) is 17.4 Å². The lowest BCUT2D eigenvalue weighted by Gasteiger charge is -2.26. The monoisotopic (exact) mass is 370 g/mol. The molecule has 3 rings (SSSR count). The third kappa shape index (κ3) is 3.38. The molecule has 0 aliphatic carbocycles. The van der Waals surface area contributed by atoms with Gasteiger partial charge in [0, 0.05) is 13.1 Å². The van der Waals surface area contributed by atoms with E-state index in [1.54, 1.807) is 0 Å². The molecule has 1 amide bonds. The SMILES string of the molecule is O=C(Nc1nncs1)c1cc(S(=O)(=O)N2CCOCC2)ccc1O. The van der Waals surface area contributed by atoms with E-state index in [1.165, 1.54) is 21.9 Å². The first-order valence-electron chi connectivity index (χ1n) is 6.97. The van der Waals surface area contributed by atoms with E-state index in [9.17, 15) is 18.3 Å². The molecule has 9 nitrogen and oxygen atoms in total. The first-order valence-corrected chi connectivity index (χ1v) is 9.29. The molecule has 1 saturated heterocycles. The van der Waals surface area contributed by atoms with Crippen LogP contribution < -0.4 is 5.32 Å². The lowest BCUT2D eigenvalue weighted by atomic mass is 10.2. The number of sulfonamides is 1. The van der Waals surface area contributed by atoms with Crippen LogP contribution in [-0.2, 0) is 14.8 Å². The molecule has 1 aromatic heterocycles. The Morgan fingerprint density at radius 1 is 1.33 bits per heavy atom. The number of amides is 1. The Morgan fingerprint density at radius 3 is 2.75 bits per heavy atom. The van der Waals surface area contributed by atoms with E-state index < -0.39 is 15.9 Å². The first-order chi connectivity index (χ1) is 11.5. The number of carbonyl (C=O) groups is 1. The van der Waals surface area contributed by atoms with Crippen molar-refractivity contribution in [2.75, 3.05) is 31.6 Å². The molecule has 0 spiro atoms. The van der Waals surface area contributed by atoms with Gasteiger partial charge in [-0.05, 0) is 18.2 Å². The van der Waals surface area contributed by atoms with E-state index in [2.05, 4.69) is 15.5 Å². The molecule has 0 saturated carbocycles. The average molecular weight is 370 g/mol. The summed E-state index contributed by atoms with van der Waals surface area (Å²) in [5.41, 5.74) is 1.29. The predicted octanol–water partition coefficient (Wildman–Crippen LogP) is 0.517. The highest BCUT2D eigenvalue weighted by Crippen LogP contribution is 2.25. The second kappa shape index (κ2) is 6.81. The Bertz CT molecular complexity index is 832. The van der Waals surface area contributed by atoms with Gasteiger partial charge in [-0.25, -0.2) is 8.42 Å². The number of morpholine rings is 1. The molecule has 2 aromatic rings. The van der Waals surface area contributed by atoms with Crippen LogP contribution in [0.4, 0.5) is 5.13 Å². The molecule has 1 aliphatic rings. The standard InChI is InChI=1S/C13H14N4O5S2/c18-11-2-1-9(24(20,21)17-3-5-22-6-4-17)7-10(11)12(19)15-13-16-14-8-23-13/h1-2,7-8,18H,3-6H2,(H,15,16,19). The smallest absolute Gasteiger partial charge is 0.261 e. The van der Waals surface area contributed by atoms with Crippen molar-refractivity contribution in [2.24, 2.45) is 0 Å². The summed E-state index contributed by atoms with van der Waals surface area (Å²) in [7, 11) is -3.76. The van der Waals surface area contributed by atoms with Crippen LogP contribution in [0.1, 0.15) is 10.4 Å². The number of phenolic OH excluding ortho intramolecular Hbond substituents is 1. The summed E-state index contributed by atoms with van der Waals surface area (Å²) < 4.78 is 31.7. The molecular weight excluding hydrogens is 356 g/mol. The molecule has 0 bridgehead atoms. The van der Waals surface area contributed by atoms with Gasteiger partial charge < -0.3 is 9.84 Å². The van der Waals surface area contributed by atoms with E-state index in [-0.39, 0.29) is 34.4 Å². The van der Waals surface area contributed by atoms with Crippen LogP contribution in [0.25, 0.3) is 0 Å². The minimum absolute atomic E-state index is 0.0652. The van der Waals surface area contributed by atoms with Crippen LogP contribution in [0, 0.1) is 0 Å². The van der Waals surface area contributed by atoms with Crippen molar-refractivity contribution in [2.45, 2.75) is 4.90 Å². The number of phenols is 1. The van der Waals surface area contributed by atoms with Gasteiger partial charge in [0.25, 0.3) is 5.91 Å². The highest BCUT2D eigenvalue weighted by molar-refractivity contribution is 7.89. The maximum Gasteiger partial charge on any atom is 0.261 e. The lowest BCUT2D eigenvalue weighted by molar-refractivity contribution is 0.0730. The Labute approximate surface area is 141 Å². The van der Waals surface area contributed by atoms with Gasteiger partial charge in [0.05, 0.1) is 23.7 Å². The number of carbonyl (C=O) groups excluding carboxylic acids is 1. The second-order valence-electron chi connectivity index (χ2n) is 4.89. The number of benzene rings is 1. The van der Waals surface area contributed by atoms with Crippen molar-refractivity contribution in [1.29, 1.82) is 0 Å². The van der Waals surface area contributed by atoms with E-state index in [1.807, 2.05) is 0 Å². The Morgan fingerprint density at radius 2 is 2.08 bits per heavy atom. The molecule has 128 valence electrons. The minimum Gasteiger partial charge on any atom is -0.507 e. The number of aromatic nitrogens is 2.